The summed E-state index contributed by atoms with van der Waals surface area (Å²) in [6, 6.07) is 7.25. The molecule has 5 nitrogen and oxygen atoms in total. The van der Waals surface area contributed by atoms with E-state index in [2.05, 4.69) is 15.4 Å². The van der Waals surface area contributed by atoms with E-state index < -0.39 is 0 Å². The molecule has 0 radical (unpaired) electrons. The first-order valence-corrected chi connectivity index (χ1v) is 6.86. The highest BCUT2D eigenvalue weighted by molar-refractivity contribution is 5.89. The molecular weight excluding hydrogens is 292 g/mol. The summed E-state index contributed by atoms with van der Waals surface area (Å²) < 4.78 is 4.64. The van der Waals surface area contributed by atoms with E-state index in [0.29, 0.717) is 12.1 Å². The Labute approximate surface area is 130 Å². The van der Waals surface area contributed by atoms with E-state index in [1.807, 2.05) is 12.1 Å². The molecule has 1 aliphatic rings. The molecule has 1 fully saturated rings. The molecule has 0 spiro atoms. The molecule has 2 rings (SSSR count). The Morgan fingerprint density at radius 2 is 2.05 bits per heavy atom. The first-order chi connectivity index (χ1) is 9.70. The summed E-state index contributed by atoms with van der Waals surface area (Å²) in [5, 5.41) is 6.13. The highest BCUT2D eigenvalue weighted by Crippen LogP contribution is 2.08. The lowest BCUT2D eigenvalue weighted by Gasteiger charge is -2.10. The average molecular weight is 313 g/mol. The molecule has 116 valence electrons. The number of amides is 1. The van der Waals surface area contributed by atoms with Crippen LogP contribution in [0.5, 0.6) is 0 Å². The van der Waals surface area contributed by atoms with Crippen molar-refractivity contribution in [2.24, 2.45) is 5.92 Å². The molecule has 1 atom stereocenters. The van der Waals surface area contributed by atoms with Crippen molar-refractivity contribution in [1.82, 2.24) is 10.6 Å². The van der Waals surface area contributed by atoms with E-state index in [9.17, 15) is 9.59 Å². The quantitative estimate of drug-likeness (QED) is 0.801. The summed E-state index contributed by atoms with van der Waals surface area (Å²) in [5.41, 5.74) is 1.62. The third-order valence-electron chi connectivity index (χ3n) is 3.52. The van der Waals surface area contributed by atoms with Crippen molar-refractivity contribution in [3.8, 4) is 0 Å². The lowest BCUT2D eigenvalue weighted by atomic mass is 10.1. The molecular formula is C15H21ClN2O3. The summed E-state index contributed by atoms with van der Waals surface area (Å²) in [4.78, 5) is 23.1. The molecule has 1 amide bonds. The molecule has 0 aromatic heterocycles. The smallest absolute Gasteiger partial charge is 0.337 e. The number of hydrogen-bond donors (Lipinski definition) is 2. The van der Waals surface area contributed by atoms with Crippen molar-refractivity contribution < 1.29 is 14.3 Å². The Balaban J connectivity index is 0.00000220. The normalized spacial score (nSPS) is 16.9. The van der Waals surface area contributed by atoms with E-state index in [-0.39, 0.29) is 30.2 Å². The van der Waals surface area contributed by atoms with Crippen molar-refractivity contribution >= 4 is 24.3 Å². The number of esters is 1. The SMILES string of the molecule is COC(=O)c1ccc(CCNC(=O)C2CCNC2)cc1.Cl. The number of ether oxygens (including phenoxy) is 1. The van der Waals surface area contributed by atoms with Gasteiger partial charge < -0.3 is 15.4 Å². The van der Waals surface area contributed by atoms with Crippen LogP contribution in [0.3, 0.4) is 0 Å². The van der Waals surface area contributed by atoms with E-state index in [1.54, 1.807) is 12.1 Å². The van der Waals surface area contributed by atoms with Gasteiger partial charge in [0, 0.05) is 13.1 Å². The van der Waals surface area contributed by atoms with Gasteiger partial charge in [0.25, 0.3) is 0 Å². The van der Waals surface area contributed by atoms with Crippen LogP contribution < -0.4 is 10.6 Å². The van der Waals surface area contributed by atoms with Gasteiger partial charge in [-0.2, -0.15) is 0 Å². The van der Waals surface area contributed by atoms with Crippen molar-refractivity contribution in [1.29, 1.82) is 0 Å². The maximum Gasteiger partial charge on any atom is 0.337 e. The lowest BCUT2D eigenvalue weighted by molar-refractivity contribution is -0.124. The summed E-state index contributed by atoms with van der Waals surface area (Å²) >= 11 is 0. The van der Waals surface area contributed by atoms with E-state index >= 15 is 0 Å². The number of nitrogens with one attached hydrogen (secondary N) is 2. The van der Waals surface area contributed by atoms with Crippen molar-refractivity contribution in [2.45, 2.75) is 12.8 Å². The monoisotopic (exact) mass is 312 g/mol. The zero-order chi connectivity index (χ0) is 14.4. The van der Waals surface area contributed by atoms with Crippen LogP contribution >= 0.6 is 12.4 Å². The van der Waals surface area contributed by atoms with Crippen LogP contribution in [0.4, 0.5) is 0 Å². The minimum atomic E-state index is -0.335. The van der Waals surface area contributed by atoms with Crippen molar-refractivity contribution in [3.05, 3.63) is 35.4 Å². The Hall–Kier alpha value is -1.59. The van der Waals surface area contributed by atoms with Gasteiger partial charge in [-0.25, -0.2) is 4.79 Å². The van der Waals surface area contributed by atoms with Crippen LogP contribution in [0.15, 0.2) is 24.3 Å². The van der Waals surface area contributed by atoms with Gasteiger partial charge in [-0.1, -0.05) is 12.1 Å². The Kier molecular flexibility index (Phi) is 7.19. The summed E-state index contributed by atoms with van der Waals surface area (Å²) in [5.74, 6) is -0.100. The Bertz CT molecular complexity index is 470. The van der Waals surface area contributed by atoms with Crippen LogP contribution in [-0.4, -0.2) is 38.6 Å². The third-order valence-corrected chi connectivity index (χ3v) is 3.52. The Morgan fingerprint density at radius 1 is 1.33 bits per heavy atom. The maximum absolute atomic E-state index is 11.8. The number of carbonyl (C=O) groups is 2. The van der Waals surface area contributed by atoms with Gasteiger partial charge in [0.15, 0.2) is 0 Å². The molecule has 0 aliphatic carbocycles. The zero-order valence-electron chi connectivity index (χ0n) is 12.1. The van der Waals surface area contributed by atoms with Gasteiger partial charge in [0.1, 0.15) is 0 Å². The molecule has 1 heterocycles. The predicted molar refractivity (Wildman–Crippen MR) is 82.7 cm³/mol. The molecule has 21 heavy (non-hydrogen) atoms. The largest absolute Gasteiger partial charge is 0.465 e. The average Bonchev–Trinajstić information content (AvgIpc) is 3.01. The molecule has 1 aliphatic heterocycles. The minimum Gasteiger partial charge on any atom is -0.465 e. The second kappa shape index (κ2) is 8.64. The number of halogens is 1. The standard InChI is InChI=1S/C15H20N2O3.ClH/c1-20-15(19)12-4-2-11(3-5-12)6-9-17-14(18)13-7-8-16-10-13;/h2-5,13,16H,6-10H2,1H3,(H,17,18);1H. The molecule has 1 aromatic carbocycles. The summed E-state index contributed by atoms with van der Waals surface area (Å²) in [7, 11) is 1.36. The second-order valence-electron chi connectivity index (χ2n) is 4.92. The topological polar surface area (TPSA) is 67.4 Å². The van der Waals surface area contributed by atoms with Gasteiger partial charge >= 0.3 is 5.97 Å². The number of hydrogen-bond acceptors (Lipinski definition) is 4. The number of rotatable bonds is 5. The van der Waals surface area contributed by atoms with Crippen LogP contribution in [0.25, 0.3) is 0 Å². The van der Waals surface area contributed by atoms with Crippen molar-refractivity contribution in [2.75, 3.05) is 26.7 Å². The second-order valence-corrected chi connectivity index (χ2v) is 4.92. The molecule has 0 saturated carbocycles. The number of benzene rings is 1. The molecule has 6 heteroatoms. The fraction of sp³-hybridized carbons (Fsp3) is 0.467. The maximum atomic E-state index is 11.8. The first kappa shape index (κ1) is 17.5. The number of carbonyl (C=O) groups excluding carboxylic acids is 2. The minimum absolute atomic E-state index is 0. The molecule has 1 saturated heterocycles. The highest BCUT2D eigenvalue weighted by atomic mass is 35.5. The molecule has 0 bridgehead atoms. The van der Waals surface area contributed by atoms with Gasteiger partial charge in [0.2, 0.25) is 5.91 Å². The fourth-order valence-electron chi connectivity index (χ4n) is 2.28. The third kappa shape index (κ3) is 5.02. The zero-order valence-corrected chi connectivity index (χ0v) is 12.9. The molecule has 1 unspecified atom stereocenters. The summed E-state index contributed by atoms with van der Waals surface area (Å²) in [6.45, 7) is 2.32. The van der Waals surface area contributed by atoms with Crippen molar-refractivity contribution in [3.63, 3.8) is 0 Å². The predicted octanol–water partition coefficient (Wildman–Crippen LogP) is 1.16. The first-order valence-electron chi connectivity index (χ1n) is 6.86. The van der Waals surface area contributed by atoms with E-state index in [0.717, 1.165) is 31.5 Å². The van der Waals surface area contributed by atoms with E-state index in [4.69, 9.17) is 0 Å². The van der Waals surface area contributed by atoms with Gasteiger partial charge in [-0.15, -0.1) is 12.4 Å². The van der Waals surface area contributed by atoms with Crippen LogP contribution in [0.2, 0.25) is 0 Å². The van der Waals surface area contributed by atoms with Crippen LogP contribution in [0, 0.1) is 5.92 Å². The Morgan fingerprint density at radius 3 is 2.62 bits per heavy atom. The lowest BCUT2D eigenvalue weighted by Crippen LogP contribution is -2.33. The summed E-state index contributed by atoms with van der Waals surface area (Å²) in [6.07, 6.45) is 1.67. The van der Waals surface area contributed by atoms with E-state index in [1.165, 1.54) is 7.11 Å². The van der Waals surface area contributed by atoms with Gasteiger partial charge in [-0.05, 0) is 37.1 Å². The number of methoxy groups -OCH3 is 1. The molecule has 1 aromatic rings. The van der Waals surface area contributed by atoms with Gasteiger partial charge in [0.05, 0.1) is 18.6 Å². The fourth-order valence-corrected chi connectivity index (χ4v) is 2.28. The highest BCUT2D eigenvalue weighted by Gasteiger charge is 2.21. The van der Waals surface area contributed by atoms with Gasteiger partial charge in [-0.3, -0.25) is 4.79 Å². The van der Waals surface area contributed by atoms with Crippen LogP contribution in [0.1, 0.15) is 22.3 Å². The van der Waals surface area contributed by atoms with Crippen LogP contribution in [-0.2, 0) is 16.0 Å². The molecule has 2 N–H and O–H groups in total.